The molecule has 0 fully saturated rings. The fraction of sp³-hybridized carbons (Fsp3) is 0.462. The Balaban J connectivity index is 2.44. The van der Waals surface area contributed by atoms with Gasteiger partial charge in [0, 0.05) is 12.4 Å². The Kier molecular flexibility index (Phi) is 2.97. The second-order valence-electron chi connectivity index (χ2n) is 4.67. The summed E-state index contributed by atoms with van der Waals surface area (Å²) in [5.41, 5.74) is 1.87. The van der Waals surface area contributed by atoms with Crippen LogP contribution in [0.5, 0.6) is 0 Å². The summed E-state index contributed by atoms with van der Waals surface area (Å²) in [6.07, 6.45) is 0.284. The summed E-state index contributed by atoms with van der Waals surface area (Å²) >= 11 is 0. The third-order valence-electron chi connectivity index (χ3n) is 2.80. The van der Waals surface area contributed by atoms with Crippen LogP contribution < -0.4 is 0 Å². The smallest absolute Gasteiger partial charge is 0.0988 e. The van der Waals surface area contributed by atoms with Crippen molar-refractivity contribution in [1.29, 1.82) is 0 Å². The Bertz CT molecular complexity index is 488. The highest BCUT2D eigenvalue weighted by Gasteiger charge is 2.17. The van der Waals surface area contributed by atoms with Gasteiger partial charge >= 0.3 is 0 Å². The molecule has 2 rings (SSSR count). The van der Waals surface area contributed by atoms with E-state index in [1.165, 1.54) is 0 Å². The molecule has 1 heterocycles. The molecule has 0 aliphatic rings. The highest BCUT2D eigenvalue weighted by molar-refractivity contribution is 5.82. The van der Waals surface area contributed by atoms with Crippen LogP contribution in [-0.4, -0.2) is 14.9 Å². The minimum Gasteiger partial charge on any atom is -0.387 e. The van der Waals surface area contributed by atoms with E-state index in [2.05, 4.69) is 18.9 Å². The molecule has 1 unspecified atom stereocenters. The molecule has 0 bridgehead atoms. The number of hydrogen-bond acceptors (Lipinski definition) is 2. The van der Waals surface area contributed by atoms with Crippen molar-refractivity contribution in [3.63, 3.8) is 0 Å². The van der Waals surface area contributed by atoms with E-state index >= 15 is 0 Å². The first-order chi connectivity index (χ1) is 7.59. The van der Waals surface area contributed by atoms with Crippen LogP contribution in [0.1, 0.15) is 32.1 Å². The SMILES string of the molecule is CC(C)CC(O)c1nn(C)c2ccccc12. The van der Waals surface area contributed by atoms with E-state index in [1.54, 1.807) is 0 Å². The van der Waals surface area contributed by atoms with Crippen LogP contribution in [0, 0.1) is 5.92 Å². The molecule has 0 radical (unpaired) electrons. The lowest BCUT2D eigenvalue weighted by Crippen LogP contribution is -2.03. The fourth-order valence-corrected chi connectivity index (χ4v) is 2.05. The van der Waals surface area contributed by atoms with Crippen molar-refractivity contribution in [2.24, 2.45) is 13.0 Å². The molecule has 1 atom stereocenters. The van der Waals surface area contributed by atoms with Crippen LogP contribution in [0.3, 0.4) is 0 Å². The Labute approximate surface area is 95.7 Å². The van der Waals surface area contributed by atoms with Gasteiger partial charge in [0.2, 0.25) is 0 Å². The lowest BCUT2D eigenvalue weighted by Gasteiger charge is -2.10. The van der Waals surface area contributed by atoms with Gasteiger partial charge in [0.15, 0.2) is 0 Å². The zero-order valence-corrected chi connectivity index (χ0v) is 10.0. The van der Waals surface area contributed by atoms with Gasteiger partial charge in [-0.2, -0.15) is 5.10 Å². The number of aromatic nitrogens is 2. The van der Waals surface area contributed by atoms with Crippen molar-refractivity contribution < 1.29 is 5.11 Å². The van der Waals surface area contributed by atoms with Crippen molar-refractivity contribution >= 4 is 10.9 Å². The molecule has 3 heteroatoms. The van der Waals surface area contributed by atoms with Crippen molar-refractivity contribution in [3.8, 4) is 0 Å². The monoisotopic (exact) mass is 218 g/mol. The van der Waals surface area contributed by atoms with Crippen molar-refractivity contribution in [1.82, 2.24) is 9.78 Å². The van der Waals surface area contributed by atoms with Gasteiger partial charge < -0.3 is 5.11 Å². The van der Waals surface area contributed by atoms with Crippen LogP contribution in [0.2, 0.25) is 0 Å². The summed E-state index contributed by atoms with van der Waals surface area (Å²) in [6, 6.07) is 8.01. The van der Waals surface area contributed by atoms with Gasteiger partial charge in [-0.1, -0.05) is 32.0 Å². The lowest BCUT2D eigenvalue weighted by molar-refractivity contribution is 0.147. The van der Waals surface area contributed by atoms with Gasteiger partial charge in [0.1, 0.15) is 0 Å². The summed E-state index contributed by atoms with van der Waals surface area (Å²) in [6.45, 7) is 4.21. The normalized spacial score (nSPS) is 13.6. The predicted molar refractivity (Wildman–Crippen MR) is 65.1 cm³/mol. The Morgan fingerprint density at radius 1 is 1.31 bits per heavy atom. The maximum absolute atomic E-state index is 10.1. The number of benzene rings is 1. The number of rotatable bonds is 3. The van der Waals surface area contributed by atoms with Gasteiger partial charge in [0.25, 0.3) is 0 Å². The molecule has 1 aromatic carbocycles. The van der Waals surface area contributed by atoms with E-state index in [1.807, 2.05) is 36.0 Å². The summed E-state index contributed by atoms with van der Waals surface area (Å²) in [5.74, 6) is 0.468. The molecule has 0 aliphatic heterocycles. The minimum atomic E-state index is -0.467. The largest absolute Gasteiger partial charge is 0.387 e. The summed E-state index contributed by atoms with van der Waals surface area (Å²) in [4.78, 5) is 0. The minimum absolute atomic E-state index is 0.467. The molecule has 2 aromatic rings. The van der Waals surface area contributed by atoms with Crippen LogP contribution in [0.15, 0.2) is 24.3 Å². The maximum Gasteiger partial charge on any atom is 0.0988 e. The highest BCUT2D eigenvalue weighted by atomic mass is 16.3. The van der Waals surface area contributed by atoms with Gasteiger partial charge in [0.05, 0.1) is 17.3 Å². The van der Waals surface area contributed by atoms with Crippen LogP contribution in [0.25, 0.3) is 10.9 Å². The Morgan fingerprint density at radius 2 is 2.00 bits per heavy atom. The van der Waals surface area contributed by atoms with Crippen LogP contribution in [-0.2, 0) is 7.05 Å². The van der Waals surface area contributed by atoms with Gasteiger partial charge in [-0.15, -0.1) is 0 Å². The number of aliphatic hydroxyl groups excluding tert-OH is 1. The van der Waals surface area contributed by atoms with E-state index in [4.69, 9.17) is 0 Å². The molecule has 1 aromatic heterocycles. The topological polar surface area (TPSA) is 38.1 Å². The number of aryl methyl sites for hydroxylation is 1. The zero-order valence-electron chi connectivity index (χ0n) is 10.0. The second-order valence-corrected chi connectivity index (χ2v) is 4.67. The number of fused-ring (bicyclic) bond motifs is 1. The molecule has 3 nitrogen and oxygen atoms in total. The quantitative estimate of drug-likeness (QED) is 0.860. The third-order valence-corrected chi connectivity index (χ3v) is 2.80. The number of hydrogen-bond donors (Lipinski definition) is 1. The third kappa shape index (κ3) is 1.95. The molecule has 0 spiro atoms. The van der Waals surface area contributed by atoms with E-state index in [9.17, 15) is 5.11 Å². The Hall–Kier alpha value is -1.35. The molecule has 0 aliphatic carbocycles. The first-order valence-electron chi connectivity index (χ1n) is 5.69. The number of nitrogens with zero attached hydrogens (tertiary/aromatic N) is 2. The highest BCUT2D eigenvalue weighted by Crippen LogP contribution is 2.26. The Morgan fingerprint density at radius 3 is 2.69 bits per heavy atom. The van der Waals surface area contributed by atoms with Gasteiger partial charge in [-0.05, 0) is 18.4 Å². The van der Waals surface area contributed by atoms with E-state index in [-0.39, 0.29) is 0 Å². The number of aliphatic hydroxyl groups is 1. The van der Waals surface area contributed by atoms with Gasteiger partial charge in [-0.3, -0.25) is 4.68 Å². The van der Waals surface area contributed by atoms with E-state index < -0.39 is 6.10 Å². The standard InChI is InChI=1S/C13H18N2O/c1-9(2)8-12(16)13-10-6-4-5-7-11(10)15(3)14-13/h4-7,9,12,16H,8H2,1-3H3. The van der Waals surface area contributed by atoms with E-state index in [0.29, 0.717) is 5.92 Å². The average Bonchev–Trinajstić information content (AvgIpc) is 2.56. The fourth-order valence-electron chi connectivity index (χ4n) is 2.05. The summed E-state index contributed by atoms with van der Waals surface area (Å²) in [5, 5.41) is 15.6. The summed E-state index contributed by atoms with van der Waals surface area (Å²) < 4.78 is 1.83. The predicted octanol–water partition coefficient (Wildman–Crippen LogP) is 2.65. The zero-order chi connectivity index (χ0) is 11.7. The molecular weight excluding hydrogens is 200 g/mol. The average molecular weight is 218 g/mol. The second kappa shape index (κ2) is 4.26. The summed E-state index contributed by atoms with van der Waals surface area (Å²) in [7, 11) is 1.91. The van der Waals surface area contributed by atoms with E-state index in [0.717, 1.165) is 23.0 Å². The van der Waals surface area contributed by atoms with Crippen molar-refractivity contribution in [3.05, 3.63) is 30.0 Å². The molecule has 86 valence electrons. The van der Waals surface area contributed by atoms with Crippen LogP contribution in [0.4, 0.5) is 0 Å². The molecule has 0 saturated carbocycles. The molecule has 16 heavy (non-hydrogen) atoms. The molecule has 1 N–H and O–H groups in total. The van der Waals surface area contributed by atoms with Gasteiger partial charge in [-0.25, -0.2) is 0 Å². The lowest BCUT2D eigenvalue weighted by atomic mass is 10.0. The van der Waals surface area contributed by atoms with Crippen molar-refractivity contribution in [2.45, 2.75) is 26.4 Å². The first-order valence-corrected chi connectivity index (χ1v) is 5.69. The molecule has 0 amide bonds. The molecule has 0 saturated heterocycles. The first kappa shape index (κ1) is 11.1. The molecular formula is C13H18N2O. The van der Waals surface area contributed by atoms with Crippen molar-refractivity contribution in [2.75, 3.05) is 0 Å². The number of para-hydroxylation sites is 1. The van der Waals surface area contributed by atoms with Crippen LogP contribution >= 0.6 is 0 Å². The maximum atomic E-state index is 10.1.